The van der Waals surface area contributed by atoms with Gasteiger partial charge < -0.3 is 10.2 Å². The topological polar surface area (TPSA) is 45.4 Å². The first-order valence-corrected chi connectivity index (χ1v) is 2.84. The number of rotatable bonds is 0. The average Bonchev–Trinajstić information content (AvgIpc) is 1.98. The van der Waals surface area contributed by atoms with Crippen molar-refractivity contribution in [2.45, 2.75) is 4.90 Å². The van der Waals surface area contributed by atoms with Gasteiger partial charge in [-0.25, -0.2) is 0 Å². The van der Waals surface area contributed by atoms with Gasteiger partial charge in [-0.3, -0.25) is 4.57 Å². The van der Waals surface area contributed by atoms with Crippen LogP contribution in [-0.2, 0) is 7.05 Å². The fourth-order valence-electron chi connectivity index (χ4n) is 0.564. The maximum absolute atomic E-state index is 8.95. The quantitative estimate of drug-likeness (QED) is 0.471. The van der Waals surface area contributed by atoms with Crippen LogP contribution in [0.3, 0.4) is 0 Å². The first-order valence-electron chi connectivity index (χ1n) is 2.39. The lowest BCUT2D eigenvalue weighted by molar-refractivity contribution is 0.383. The molecule has 0 aliphatic rings. The van der Waals surface area contributed by atoms with Crippen LogP contribution < -0.4 is 0 Å². The van der Waals surface area contributed by atoms with Gasteiger partial charge >= 0.3 is 0 Å². The molecule has 0 radical (unpaired) electrons. The summed E-state index contributed by atoms with van der Waals surface area (Å²) in [6, 6.07) is 1.37. The molecule has 0 atom stereocenters. The smallest absolute Gasteiger partial charge is 0.207 e. The Labute approximate surface area is 58.0 Å². The Bertz CT molecular complexity index is 209. The molecule has 0 aliphatic carbocycles. The third-order valence-electron chi connectivity index (χ3n) is 1.16. The van der Waals surface area contributed by atoms with Crippen molar-refractivity contribution >= 4 is 12.6 Å². The second-order valence-electron chi connectivity index (χ2n) is 1.77. The minimum absolute atomic E-state index is 0.0116. The molecule has 0 spiro atoms. The molecule has 0 saturated heterocycles. The lowest BCUT2D eigenvalue weighted by Gasteiger charge is -1.94. The summed E-state index contributed by atoms with van der Waals surface area (Å²) >= 11 is 3.86. The van der Waals surface area contributed by atoms with E-state index in [1.807, 2.05) is 0 Å². The Balaban J connectivity index is 3.29. The summed E-state index contributed by atoms with van der Waals surface area (Å²) in [6.45, 7) is 0. The fraction of sp³-hybridized carbons (Fsp3) is 0.200. The molecule has 4 heteroatoms. The summed E-state index contributed by atoms with van der Waals surface area (Å²) in [6.07, 6.45) is 0. The van der Waals surface area contributed by atoms with E-state index in [1.54, 1.807) is 7.05 Å². The SMILES string of the molecule is Cn1c(O)cc(S)c1O. The number of thiol groups is 1. The molecule has 0 saturated carbocycles. The summed E-state index contributed by atoms with van der Waals surface area (Å²) in [5.41, 5.74) is 0. The highest BCUT2D eigenvalue weighted by molar-refractivity contribution is 7.80. The molecular weight excluding hydrogens is 138 g/mol. The van der Waals surface area contributed by atoms with Gasteiger partial charge in [0.05, 0.1) is 4.90 Å². The highest BCUT2D eigenvalue weighted by atomic mass is 32.1. The van der Waals surface area contributed by atoms with Crippen molar-refractivity contribution in [2.75, 3.05) is 0 Å². The molecular formula is C5H7NO2S. The molecule has 1 heterocycles. The van der Waals surface area contributed by atoms with E-state index in [-0.39, 0.29) is 11.8 Å². The molecule has 0 aromatic carbocycles. The largest absolute Gasteiger partial charge is 0.494 e. The Morgan fingerprint density at radius 1 is 1.56 bits per heavy atom. The molecule has 0 fully saturated rings. The molecule has 0 aliphatic heterocycles. The summed E-state index contributed by atoms with van der Waals surface area (Å²) in [7, 11) is 1.55. The van der Waals surface area contributed by atoms with Gasteiger partial charge in [-0.05, 0) is 0 Å². The van der Waals surface area contributed by atoms with Gasteiger partial charge in [0.1, 0.15) is 0 Å². The Morgan fingerprint density at radius 2 is 2.11 bits per heavy atom. The molecule has 3 nitrogen and oxygen atoms in total. The van der Waals surface area contributed by atoms with Crippen LogP contribution in [0.5, 0.6) is 11.8 Å². The lowest BCUT2D eigenvalue weighted by atomic mass is 10.6. The Kier molecular flexibility index (Phi) is 1.32. The zero-order valence-electron chi connectivity index (χ0n) is 4.87. The van der Waals surface area contributed by atoms with Gasteiger partial charge in [0.15, 0.2) is 5.88 Å². The van der Waals surface area contributed by atoms with Crippen LogP contribution in [0.1, 0.15) is 0 Å². The molecule has 1 rings (SSSR count). The van der Waals surface area contributed by atoms with Crippen LogP contribution in [0.15, 0.2) is 11.0 Å². The number of aromatic nitrogens is 1. The number of nitrogens with zero attached hydrogens (tertiary/aromatic N) is 1. The minimum atomic E-state index is -0.0177. The fourth-order valence-corrected chi connectivity index (χ4v) is 0.829. The van der Waals surface area contributed by atoms with Crippen LogP contribution in [0.4, 0.5) is 0 Å². The van der Waals surface area contributed by atoms with Crippen LogP contribution in [0, 0.1) is 0 Å². The van der Waals surface area contributed by atoms with Gasteiger partial charge in [-0.15, -0.1) is 12.6 Å². The van der Waals surface area contributed by atoms with Crippen LogP contribution >= 0.6 is 12.6 Å². The van der Waals surface area contributed by atoms with E-state index in [0.717, 1.165) is 0 Å². The standard InChI is InChI=1S/C5H7NO2S/c1-6-4(7)2-3(9)5(6)8/h2,7-9H,1H3. The van der Waals surface area contributed by atoms with Crippen molar-refractivity contribution < 1.29 is 10.2 Å². The van der Waals surface area contributed by atoms with E-state index in [1.165, 1.54) is 10.6 Å². The Hall–Kier alpha value is -0.770. The molecule has 0 amide bonds. The number of aromatic hydroxyl groups is 2. The van der Waals surface area contributed by atoms with Gasteiger partial charge in [-0.2, -0.15) is 0 Å². The minimum Gasteiger partial charge on any atom is -0.494 e. The highest BCUT2D eigenvalue weighted by Crippen LogP contribution is 2.27. The number of hydrogen-bond acceptors (Lipinski definition) is 3. The predicted octanol–water partition coefficient (Wildman–Crippen LogP) is 0.725. The van der Waals surface area contributed by atoms with Crippen molar-refractivity contribution in [3.05, 3.63) is 6.07 Å². The van der Waals surface area contributed by atoms with Gasteiger partial charge in [0, 0.05) is 13.1 Å². The van der Waals surface area contributed by atoms with E-state index in [2.05, 4.69) is 12.6 Å². The summed E-state index contributed by atoms with van der Waals surface area (Å²) in [4.78, 5) is 0.384. The van der Waals surface area contributed by atoms with E-state index >= 15 is 0 Å². The monoisotopic (exact) mass is 145 g/mol. The van der Waals surface area contributed by atoms with Crippen LogP contribution in [-0.4, -0.2) is 14.8 Å². The highest BCUT2D eigenvalue weighted by Gasteiger charge is 2.05. The molecule has 1 aromatic heterocycles. The first-order chi connectivity index (χ1) is 4.13. The van der Waals surface area contributed by atoms with Gasteiger partial charge in [0.25, 0.3) is 0 Å². The van der Waals surface area contributed by atoms with E-state index < -0.39 is 0 Å². The van der Waals surface area contributed by atoms with Crippen molar-refractivity contribution in [1.82, 2.24) is 4.57 Å². The average molecular weight is 145 g/mol. The molecule has 0 unspecified atom stereocenters. The Morgan fingerprint density at radius 3 is 2.22 bits per heavy atom. The summed E-state index contributed by atoms with van der Waals surface area (Å²) in [5, 5.41) is 17.8. The molecule has 50 valence electrons. The maximum atomic E-state index is 8.95. The summed E-state index contributed by atoms with van der Waals surface area (Å²) < 4.78 is 1.24. The zero-order chi connectivity index (χ0) is 7.02. The summed E-state index contributed by atoms with van der Waals surface area (Å²) in [5.74, 6) is -0.00617. The predicted molar refractivity (Wildman–Crippen MR) is 36.0 cm³/mol. The second kappa shape index (κ2) is 1.88. The van der Waals surface area contributed by atoms with E-state index in [4.69, 9.17) is 10.2 Å². The van der Waals surface area contributed by atoms with Crippen LogP contribution in [0.25, 0.3) is 0 Å². The van der Waals surface area contributed by atoms with E-state index in [0.29, 0.717) is 4.90 Å². The van der Waals surface area contributed by atoms with E-state index in [9.17, 15) is 0 Å². The maximum Gasteiger partial charge on any atom is 0.207 e. The normalized spacial score (nSPS) is 10.0. The molecule has 9 heavy (non-hydrogen) atoms. The first kappa shape index (κ1) is 6.35. The van der Waals surface area contributed by atoms with Crippen molar-refractivity contribution in [3.63, 3.8) is 0 Å². The molecule has 1 aromatic rings. The molecule has 0 bridgehead atoms. The second-order valence-corrected chi connectivity index (χ2v) is 2.25. The van der Waals surface area contributed by atoms with Gasteiger partial charge in [0.2, 0.25) is 5.88 Å². The lowest BCUT2D eigenvalue weighted by Crippen LogP contribution is -1.83. The van der Waals surface area contributed by atoms with Crippen molar-refractivity contribution in [1.29, 1.82) is 0 Å². The van der Waals surface area contributed by atoms with Crippen molar-refractivity contribution in [2.24, 2.45) is 7.05 Å². The molecule has 2 N–H and O–H groups in total. The third kappa shape index (κ3) is 0.853. The third-order valence-corrected chi connectivity index (χ3v) is 1.49. The van der Waals surface area contributed by atoms with Gasteiger partial charge in [-0.1, -0.05) is 0 Å². The van der Waals surface area contributed by atoms with Crippen molar-refractivity contribution in [3.8, 4) is 11.8 Å². The van der Waals surface area contributed by atoms with Crippen LogP contribution in [0.2, 0.25) is 0 Å². The zero-order valence-corrected chi connectivity index (χ0v) is 5.76. The number of hydrogen-bond donors (Lipinski definition) is 3.